The van der Waals surface area contributed by atoms with Crippen LogP contribution in [0.25, 0.3) is 0 Å². The molecule has 12 heteroatoms. The molecule has 0 unspecified atom stereocenters. The summed E-state index contributed by atoms with van der Waals surface area (Å²) in [6, 6.07) is 0. The summed E-state index contributed by atoms with van der Waals surface area (Å²) in [5.41, 5.74) is 0. The number of nitrogens with zero attached hydrogens (tertiary/aromatic N) is 2. The number of ether oxygens (including phenoxy) is 6. The van der Waals surface area contributed by atoms with Gasteiger partial charge in [0.2, 0.25) is 0 Å². The third kappa shape index (κ3) is 22.4. The first-order valence-electron chi connectivity index (χ1n) is 10.3. The molecule has 3 heterocycles. The summed E-state index contributed by atoms with van der Waals surface area (Å²) in [4.78, 5) is 13.7. The molecule has 0 saturated carbocycles. The second-order valence-corrected chi connectivity index (χ2v) is 6.45. The van der Waals surface area contributed by atoms with Crippen LogP contribution in [0.2, 0.25) is 0 Å². The van der Waals surface area contributed by atoms with Gasteiger partial charge < -0.3 is 38.3 Å². The van der Waals surface area contributed by atoms with Crippen LogP contribution in [0.3, 0.4) is 0 Å². The van der Waals surface area contributed by atoms with E-state index in [1.54, 1.807) is 0 Å². The van der Waals surface area contributed by atoms with Gasteiger partial charge in [-0.05, 0) is 0 Å². The van der Waals surface area contributed by atoms with Crippen molar-refractivity contribution < 1.29 is 89.7 Å². The van der Waals surface area contributed by atoms with Crippen LogP contribution in [0.1, 0.15) is 0 Å². The fourth-order valence-electron chi connectivity index (χ4n) is 2.80. The van der Waals surface area contributed by atoms with Crippen molar-refractivity contribution in [1.82, 2.24) is 9.80 Å². The van der Waals surface area contributed by atoms with Gasteiger partial charge in [-0.1, -0.05) is 0 Å². The van der Waals surface area contributed by atoms with Gasteiger partial charge in [-0.15, -0.1) is 0 Å². The summed E-state index contributed by atoms with van der Waals surface area (Å²) in [6.45, 7) is 13.2. The molecule has 1 N–H and O–H groups in total. The molecule has 31 heavy (non-hydrogen) atoms. The average Bonchev–Trinajstić information content (AvgIpc) is 2.70. The largest absolute Gasteiger partial charge is 1.00 e. The van der Waals surface area contributed by atoms with Gasteiger partial charge in [0.15, 0.2) is 0 Å². The Labute approximate surface area is 230 Å². The molecule has 0 aromatic rings. The van der Waals surface area contributed by atoms with Gasteiger partial charge in [-0.25, -0.2) is 0 Å². The van der Waals surface area contributed by atoms with Gasteiger partial charge in [0.05, 0.1) is 87.1 Å². The van der Waals surface area contributed by atoms with Gasteiger partial charge in [0, 0.05) is 39.3 Å². The second-order valence-electron chi connectivity index (χ2n) is 6.45. The van der Waals surface area contributed by atoms with E-state index in [0.717, 1.165) is 39.3 Å². The van der Waals surface area contributed by atoms with Gasteiger partial charge in [0.1, 0.15) is 5.87 Å². The van der Waals surface area contributed by atoms with Crippen molar-refractivity contribution in [1.29, 1.82) is 0 Å². The second kappa shape index (κ2) is 24.0. The van der Waals surface area contributed by atoms with Crippen molar-refractivity contribution in [3.63, 3.8) is 0 Å². The van der Waals surface area contributed by atoms with Crippen molar-refractivity contribution in [2.45, 2.75) is 0 Å². The number of rotatable bonds is 0. The number of hydrogen-bond donors (Lipinski definition) is 1. The van der Waals surface area contributed by atoms with Crippen molar-refractivity contribution in [2.75, 3.05) is 119 Å². The molecule has 3 rings (SSSR count). The monoisotopic (exact) mass is 474 g/mol. The maximum absolute atomic E-state index is 9.11. The van der Waals surface area contributed by atoms with Gasteiger partial charge in [-0.2, -0.15) is 0 Å². The summed E-state index contributed by atoms with van der Waals surface area (Å²) in [6.07, 6.45) is 0. The molecule has 0 aromatic carbocycles. The predicted molar refractivity (Wildman–Crippen MR) is 116 cm³/mol. The van der Waals surface area contributed by atoms with Crippen LogP contribution in [0, 0.1) is 0 Å². The minimum Gasteiger partial charge on any atom is -0.516 e. The standard InChI is InChI=1S/C18H36N2O6.CH4BO2.K/c1-7-21-13-14-24-10-4-20-5-11-25-17-15-22-8-2-19(1)3-9-23-16-18-26-12-6-20;2-1(3)4;/h1-18H2;2H3,(H,3,4);/q;-1;+1. The van der Waals surface area contributed by atoms with E-state index in [1.807, 2.05) is 0 Å². The first-order valence-corrected chi connectivity index (χ1v) is 10.3. The molecule has 3 fully saturated rings. The van der Waals surface area contributed by atoms with Gasteiger partial charge in [-0.3, -0.25) is 9.80 Å². The SMILES string of the molecule is C1COCCN2CCOCCOCCN(CCO1)CCOCCOCC2.[BH3-]C(=O)O.[K+]. The zero-order valence-electron chi connectivity index (χ0n) is 18.4. The van der Waals surface area contributed by atoms with Crippen molar-refractivity contribution in [3.8, 4) is 0 Å². The minimum absolute atomic E-state index is 0. The molecule has 3 aliphatic heterocycles. The molecular weight excluding hydrogens is 434 g/mol. The van der Waals surface area contributed by atoms with Crippen LogP contribution in [0.4, 0.5) is 4.79 Å². The van der Waals surface area contributed by atoms with Gasteiger partial charge in [0.25, 0.3) is 0 Å². The zero-order chi connectivity index (χ0) is 21.7. The Balaban J connectivity index is 0.00000165. The molecule has 3 saturated heterocycles. The van der Waals surface area contributed by atoms with Crippen LogP contribution in [-0.2, 0) is 28.4 Å². The normalized spacial score (nSPS) is 26.4. The van der Waals surface area contributed by atoms with E-state index in [9.17, 15) is 0 Å². The quantitative estimate of drug-likeness (QED) is 0.348. The third-order valence-electron chi connectivity index (χ3n) is 4.43. The van der Waals surface area contributed by atoms with E-state index in [2.05, 4.69) is 9.80 Å². The Morgan fingerprint density at radius 2 is 0.677 bits per heavy atom. The van der Waals surface area contributed by atoms with Crippen molar-refractivity contribution in [2.24, 2.45) is 0 Å². The maximum atomic E-state index is 9.11. The first kappa shape index (κ1) is 31.9. The Morgan fingerprint density at radius 1 is 0.516 bits per heavy atom. The molecule has 0 radical (unpaired) electrons. The van der Waals surface area contributed by atoms with Crippen LogP contribution in [0.5, 0.6) is 0 Å². The van der Waals surface area contributed by atoms with Gasteiger partial charge >= 0.3 is 51.4 Å². The molecule has 0 spiro atoms. The molecule has 10 nitrogen and oxygen atoms in total. The van der Waals surface area contributed by atoms with E-state index in [0.29, 0.717) is 79.3 Å². The van der Waals surface area contributed by atoms with Crippen LogP contribution < -0.4 is 51.4 Å². The van der Waals surface area contributed by atoms with E-state index >= 15 is 0 Å². The predicted octanol–water partition coefficient (Wildman–Crippen LogP) is -4.25. The number of carbonyl (C=O) groups is 1. The molecule has 178 valence electrons. The average molecular weight is 474 g/mol. The van der Waals surface area contributed by atoms with Crippen molar-refractivity contribution in [3.05, 3.63) is 0 Å². The Morgan fingerprint density at radius 3 is 0.839 bits per heavy atom. The van der Waals surface area contributed by atoms with E-state index in [4.69, 9.17) is 38.3 Å². The Bertz CT molecular complexity index is 334. The summed E-state index contributed by atoms with van der Waals surface area (Å²) < 4.78 is 34.2. The van der Waals surface area contributed by atoms with Crippen LogP contribution >= 0.6 is 0 Å². The van der Waals surface area contributed by atoms with Crippen molar-refractivity contribution >= 4 is 13.7 Å². The Kier molecular flexibility index (Phi) is 24.6. The summed E-state index contributed by atoms with van der Waals surface area (Å²) in [5, 5.41) is 7.53. The van der Waals surface area contributed by atoms with E-state index < -0.39 is 5.87 Å². The molecule has 0 amide bonds. The molecule has 3 aliphatic rings. The van der Waals surface area contributed by atoms with Crippen LogP contribution in [-0.4, -0.2) is 147 Å². The number of fused-ring (bicyclic) bond motifs is 21. The Hall–Kier alpha value is 0.851. The fraction of sp³-hybridized carbons (Fsp3) is 0.947. The third-order valence-corrected chi connectivity index (χ3v) is 4.43. The zero-order valence-corrected chi connectivity index (χ0v) is 21.6. The summed E-state index contributed by atoms with van der Waals surface area (Å²) in [7, 11) is -0.389. The first-order chi connectivity index (χ1) is 14.7. The van der Waals surface area contributed by atoms with E-state index in [-0.39, 0.29) is 59.2 Å². The molecule has 2 bridgehead atoms. The topological polar surface area (TPSA) is 99.2 Å². The molecule has 0 aromatic heterocycles. The minimum atomic E-state index is -0.583. The molecular formula is C19H40BKN2O8. The fourth-order valence-corrected chi connectivity index (χ4v) is 2.80. The summed E-state index contributed by atoms with van der Waals surface area (Å²) in [5.74, 6) is -0.583. The number of hydrogen-bond acceptors (Lipinski definition) is 9. The maximum Gasteiger partial charge on any atom is 1.00 e. The van der Waals surface area contributed by atoms with Crippen LogP contribution in [0.15, 0.2) is 0 Å². The molecule has 0 aliphatic carbocycles. The summed E-state index contributed by atoms with van der Waals surface area (Å²) >= 11 is 0. The van der Waals surface area contributed by atoms with E-state index in [1.165, 1.54) is 0 Å². The number of carboxylic acid groups (broad SMARTS) is 1. The smallest absolute Gasteiger partial charge is 0.516 e. The molecule has 0 atom stereocenters.